The zero-order chi connectivity index (χ0) is 20.1. The van der Waals surface area contributed by atoms with Gasteiger partial charge in [-0.15, -0.1) is 0 Å². The van der Waals surface area contributed by atoms with Crippen molar-refractivity contribution in [1.29, 1.82) is 0 Å². The fourth-order valence-electron chi connectivity index (χ4n) is 2.96. The zero-order valence-electron chi connectivity index (χ0n) is 16.0. The van der Waals surface area contributed by atoms with E-state index in [9.17, 15) is 9.59 Å². The van der Waals surface area contributed by atoms with Crippen molar-refractivity contribution in [2.24, 2.45) is 0 Å². The first-order valence-electron chi connectivity index (χ1n) is 8.84. The predicted octanol–water partition coefficient (Wildman–Crippen LogP) is 3.31. The Balaban J connectivity index is 1.63. The Bertz CT molecular complexity index is 1010. The number of methoxy groups -OCH3 is 1. The van der Waals surface area contributed by atoms with Gasteiger partial charge < -0.3 is 9.47 Å². The van der Waals surface area contributed by atoms with E-state index in [1.54, 1.807) is 12.1 Å². The van der Waals surface area contributed by atoms with Gasteiger partial charge in [-0.05, 0) is 47.9 Å². The fraction of sp³-hybridized carbons (Fsp3) is 0.182. The van der Waals surface area contributed by atoms with Crippen LogP contribution in [0.4, 0.5) is 0 Å². The third-order valence-corrected chi connectivity index (χ3v) is 4.38. The molecule has 2 amide bonds. The van der Waals surface area contributed by atoms with Crippen LogP contribution in [-0.2, 0) is 4.79 Å². The molecule has 0 saturated carbocycles. The van der Waals surface area contributed by atoms with Crippen LogP contribution in [0.2, 0.25) is 0 Å². The van der Waals surface area contributed by atoms with Crippen LogP contribution >= 0.6 is 0 Å². The molecule has 3 aromatic carbocycles. The number of carbonyl (C=O) groups excluding carboxylic acids is 2. The minimum Gasteiger partial charge on any atom is -0.496 e. The second-order valence-corrected chi connectivity index (χ2v) is 6.41. The zero-order valence-corrected chi connectivity index (χ0v) is 16.0. The average molecular weight is 378 g/mol. The number of ether oxygens (including phenoxy) is 2. The second kappa shape index (κ2) is 8.43. The number of carbonyl (C=O) groups is 2. The van der Waals surface area contributed by atoms with Crippen molar-refractivity contribution in [2.75, 3.05) is 13.7 Å². The summed E-state index contributed by atoms with van der Waals surface area (Å²) in [6.07, 6.45) is 0. The normalized spacial score (nSPS) is 10.4. The molecule has 28 heavy (non-hydrogen) atoms. The molecule has 0 fully saturated rings. The van der Waals surface area contributed by atoms with Gasteiger partial charge >= 0.3 is 0 Å². The molecule has 0 aliphatic rings. The Morgan fingerprint density at radius 3 is 2.18 bits per heavy atom. The van der Waals surface area contributed by atoms with E-state index in [0.29, 0.717) is 17.1 Å². The summed E-state index contributed by atoms with van der Waals surface area (Å²) in [5.41, 5.74) is 6.99. The molecule has 6 nitrogen and oxygen atoms in total. The maximum absolute atomic E-state index is 12.5. The Hall–Kier alpha value is -3.54. The van der Waals surface area contributed by atoms with Gasteiger partial charge in [-0.2, -0.15) is 0 Å². The van der Waals surface area contributed by atoms with Crippen molar-refractivity contribution >= 4 is 22.6 Å². The van der Waals surface area contributed by atoms with Crippen molar-refractivity contribution in [2.45, 2.75) is 13.8 Å². The molecular weight excluding hydrogens is 356 g/mol. The van der Waals surface area contributed by atoms with Crippen LogP contribution in [-0.4, -0.2) is 25.5 Å². The number of nitrogens with one attached hydrogen (secondary N) is 2. The van der Waals surface area contributed by atoms with Crippen LogP contribution in [0.1, 0.15) is 21.5 Å². The lowest BCUT2D eigenvalue weighted by molar-refractivity contribution is -0.123. The van der Waals surface area contributed by atoms with Crippen molar-refractivity contribution in [3.05, 3.63) is 71.3 Å². The largest absolute Gasteiger partial charge is 0.496 e. The minimum atomic E-state index is -0.469. The summed E-state index contributed by atoms with van der Waals surface area (Å²) >= 11 is 0. The number of hydrazine groups is 1. The van der Waals surface area contributed by atoms with Crippen LogP contribution in [0.3, 0.4) is 0 Å². The first-order valence-corrected chi connectivity index (χ1v) is 8.84. The molecule has 0 radical (unpaired) electrons. The van der Waals surface area contributed by atoms with Crippen molar-refractivity contribution in [3.63, 3.8) is 0 Å². The number of hydrogen-bond donors (Lipinski definition) is 2. The highest BCUT2D eigenvalue weighted by Gasteiger charge is 2.15. The number of benzene rings is 3. The van der Waals surface area contributed by atoms with E-state index in [0.717, 1.165) is 21.9 Å². The molecule has 144 valence electrons. The number of para-hydroxylation sites is 1. The predicted molar refractivity (Wildman–Crippen MR) is 108 cm³/mol. The van der Waals surface area contributed by atoms with Gasteiger partial charge in [0.25, 0.3) is 11.8 Å². The number of amides is 2. The van der Waals surface area contributed by atoms with E-state index >= 15 is 0 Å². The molecule has 0 heterocycles. The minimum absolute atomic E-state index is 0.208. The molecule has 0 saturated heterocycles. The molecule has 0 bridgehead atoms. The smallest absolute Gasteiger partial charge is 0.276 e. The summed E-state index contributed by atoms with van der Waals surface area (Å²) in [5, 5.41) is 1.86. The average Bonchev–Trinajstić information content (AvgIpc) is 2.70. The van der Waals surface area contributed by atoms with Gasteiger partial charge in [0.15, 0.2) is 6.61 Å². The maximum Gasteiger partial charge on any atom is 0.276 e. The van der Waals surface area contributed by atoms with Gasteiger partial charge in [-0.3, -0.25) is 20.4 Å². The van der Waals surface area contributed by atoms with Gasteiger partial charge in [0.1, 0.15) is 11.5 Å². The Kier molecular flexibility index (Phi) is 5.79. The maximum atomic E-state index is 12.5. The van der Waals surface area contributed by atoms with Crippen molar-refractivity contribution < 1.29 is 19.1 Å². The van der Waals surface area contributed by atoms with Crippen molar-refractivity contribution in [3.8, 4) is 11.5 Å². The summed E-state index contributed by atoms with van der Waals surface area (Å²) in [6.45, 7) is 3.61. The number of hydrogen-bond acceptors (Lipinski definition) is 4. The van der Waals surface area contributed by atoms with E-state index in [-0.39, 0.29) is 6.61 Å². The van der Waals surface area contributed by atoms with Crippen LogP contribution in [0, 0.1) is 13.8 Å². The van der Waals surface area contributed by atoms with Gasteiger partial charge in [-0.25, -0.2) is 0 Å². The van der Waals surface area contributed by atoms with E-state index < -0.39 is 11.8 Å². The van der Waals surface area contributed by atoms with E-state index in [2.05, 4.69) is 10.9 Å². The molecular formula is C22H22N2O4. The summed E-state index contributed by atoms with van der Waals surface area (Å²) < 4.78 is 10.9. The van der Waals surface area contributed by atoms with E-state index in [1.807, 2.05) is 56.3 Å². The molecule has 6 heteroatoms. The van der Waals surface area contributed by atoms with E-state index in [1.165, 1.54) is 7.11 Å². The van der Waals surface area contributed by atoms with Crippen LogP contribution < -0.4 is 20.3 Å². The number of rotatable bonds is 5. The molecule has 0 aromatic heterocycles. The summed E-state index contributed by atoms with van der Waals surface area (Å²) in [5.74, 6) is 0.163. The Morgan fingerprint density at radius 2 is 1.54 bits per heavy atom. The monoisotopic (exact) mass is 378 g/mol. The van der Waals surface area contributed by atoms with Crippen molar-refractivity contribution in [1.82, 2.24) is 10.9 Å². The molecule has 0 aliphatic heterocycles. The molecule has 0 spiro atoms. The highest BCUT2D eigenvalue weighted by molar-refractivity contribution is 6.02. The lowest BCUT2D eigenvalue weighted by atomic mass is 10.1. The quantitative estimate of drug-likeness (QED) is 0.668. The lowest BCUT2D eigenvalue weighted by Crippen LogP contribution is -2.44. The molecule has 0 unspecified atom stereocenters. The molecule has 0 aliphatic carbocycles. The van der Waals surface area contributed by atoms with Gasteiger partial charge in [0, 0.05) is 0 Å². The highest BCUT2D eigenvalue weighted by atomic mass is 16.5. The number of aryl methyl sites for hydroxylation is 2. The highest BCUT2D eigenvalue weighted by Crippen LogP contribution is 2.26. The van der Waals surface area contributed by atoms with Gasteiger partial charge in [-0.1, -0.05) is 42.5 Å². The van der Waals surface area contributed by atoms with Crippen LogP contribution in [0.5, 0.6) is 11.5 Å². The fourth-order valence-corrected chi connectivity index (χ4v) is 2.96. The first kappa shape index (κ1) is 19.2. The Morgan fingerprint density at radius 1 is 0.893 bits per heavy atom. The molecule has 2 N–H and O–H groups in total. The van der Waals surface area contributed by atoms with Crippen LogP contribution in [0.15, 0.2) is 54.6 Å². The van der Waals surface area contributed by atoms with Gasteiger partial charge in [0.2, 0.25) is 0 Å². The first-order chi connectivity index (χ1) is 13.5. The second-order valence-electron chi connectivity index (χ2n) is 6.41. The molecule has 0 atom stereocenters. The molecule has 3 rings (SSSR count). The lowest BCUT2D eigenvalue weighted by Gasteiger charge is -2.13. The third-order valence-electron chi connectivity index (χ3n) is 4.38. The summed E-state index contributed by atoms with van der Waals surface area (Å²) in [7, 11) is 1.50. The summed E-state index contributed by atoms with van der Waals surface area (Å²) in [4.78, 5) is 24.6. The topological polar surface area (TPSA) is 76.7 Å². The van der Waals surface area contributed by atoms with E-state index in [4.69, 9.17) is 9.47 Å². The number of fused-ring (bicyclic) bond motifs is 1. The standard InChI is InChI=1S/C22H22N2O4/c1-14-7-6-8-15(2)21(14)28-13-20(25)23-24-22(26)18-11-16-9-4-5-10-17(16)12-19(18)27-3/h4-12H,13H2,1-3H3,(H,23,25)(H,24,26). The van der Waals surface area contributed by atoms with Crippen LogP contribution in [0.25, 0.3) is 10.8 Å². The molecule has 3 aromatic rings. The van der Waals surface area contributed by atoms with Gasteiger partial charge in [0.05, 0.1) is 12.7 Å². The third kappa shape index (κ3) is 4.23. The summed E-state index contributed by atoms with van der Waals surface area (Å²) in [6, 6.07) is 16.9. The SMILES string of the molecule is COc1cc2ccccc2cc1C(=O)NNC(=O)COc1c(C)cccc1C. The Labute approximate surface area is 163 Å².